The van der Waals surface area contributed by atoms with Crippen LogP contribution < -0.4 is 0 Å². The van der Waals surface area contributed by atoms with Crippen LogP contribution in [0.3, 0.4) is 0 Å². The zero-order valence-electron chi connectivity index (χ0n) is 8.16. The number of aromatic nitrogens is 2. The molecule has 0 spiro atoms. The Morgan fingerprint density at radius 3 is 2.62 bits per heavy atom. The van der Waals surface area contributed by atoms with Crippen molar-refractivity contribution in [2.45, 2.75) is 33.4 Å². The van der Waals surface area contributed by atoms with Gasteiger partial charge in [0.1, 0.15) is 0 Å². The Labute approximate surface area is 92.3 Å². The van der Waals surface area contributed by atoms with Gasteiger partial charge in [-0.05, 0) is 28.0 Å². The van der Waals surface area contributed by atoms with Crippen LogP contribution in [0.2, 0.25) is 0 Å². The molecule has 0 saturated heterocycles. The largest absolute Gasteiger partial charge is 0.391 e. The van der Waals surface area contributed by atoms with Crippen molar-refractivity contribution in [1.29, 1.82) is 0 Å². The predicted octanol–water partition coefficient (Wildman–Crippen LogP) is 1.89. The van der Waals surface area contributed by atoms with Crippen LogP contribution in [0.25, 0.3) is 0 Å². The van der Waals surface area contributed by atoms with Gasteiger partial charge in [-0.15, -0.1) is 0 Å². The predicted molar refractivity (Wildman–Crippen MR) is 60.4 cm³/mol. The number of aliphatic hydroxyl groups excluding tert-OH is 1. The normalized spacial score (nSPS) is 14.5. The first-order valence-corrected chi connectivity index (χ1v) is 5.33. The molecule has 3 nitrogen and oxygen atoms in total. The zero-order chi connectivity index (χ0) is 10.1. The van der Waals surface area contributed by atoms with E-state index in [0.29, 0.717) is 6.54 Å². The van der Waals surface area contributed by atoms with E-state index in [4.69, 9.17) is 0 Å². The molecule has 0 saturated carbocycles. The highest BCUT2D eigenvalue weighted by Gasteiger charge is 2.22. The fraction of sp³-hybridized carbons (Fsp3) is 0.667. The Morgan fingerprint density at radius 2 is 2.23 bits per heavy atom. The van der Waals surface area contributed by atoms with Gasteiger partial charge in [0.15, 0.2) is 0 Å². The van der Waals surface area contributed by atoms with Gasteiger partial charge in [-0.25, -0.2) is 0 Å². The molecule has 0 aromatic carbocycles. The summed E-state index contributed by atoms with van der Waals surface area (Å²) in [6, 6.07) is 0. The summed E-state index contributed by atoms with van der Waals surface area (Å²) in [5.41, 5.74) is -0.0859. The standard InChI is InChI=1S/C9H15IN2O/c1-9(2,3)8(13)6-12-5-7(10)4-11-12/h4-5,8,13H,6H2,1-3H3. The van der Waals surface area contributed by atoms with Gasteiger partial charge < -0.3 is 5.11 Å². The molecule has 1 rings (SSSR count). The number of nitrogens with zero attached hydrogens (tertiary/aromatic N) is 2. The molecule has 1 atom stereocenters. The Kier molecular flexibility index (Phi) is 3.34. The number of rotatable bonds is 2. The van der Waals surface area contributed by atoms with Gasteiger partial charge in [-0.3, -0.25) is 4.68 Å². The van der Waals surface area contributed by atoms with Crippen LogP contribution in [0, 0.1) is 8.99 Å². The maximum absolute atomic E-state index is 9.79. The SMILES string of the molecule is CC(C)(C)C(O)Cn1cc(I)cn1. The minimum Gasteiger partial charge on any atom is -0.391 e. The zero-order valence-corrected chi connectivity index (χ0v) is 10.3. The van der Waals surface area contributed by atoms with E-state index in [0.717, 1.165) is 3.57 Å². The quantitative estimate of drug-likeness (QED) is 0.846. The van der Waals surface area contributed by atoms with Crippen LogP contribution >= 0.6 is 22.6 Å². The van der Waals surface area contributed by atoms with Crippen LogP contribution in [0.15, 0.2) is 12.4 Å². The van der Waals surface area contributed by atoms with Crippen LogP contribution in [-0.4, -0.2) is 21.0 Å². The number of hydrogen-bond acceptors (Lipinski definition) is 2. The first-order chi connectivity index (χ1) is 5.89. The maximum atomic E-state index is 9.79. The van der Waals surface area contributed by atoms with Crippen LogP contribution in [0.1, 0.15) is 20.8 Å². The fourth-order valence-corrected chi connectivity index (χ4v) is 1.34. The van der Waals surface area contributed by atoms with Gasteiger partial charge in [0.05, 0.1) is 22.4 Å². The molecule has 1 heterocycles. The number of aliphatic hydroxyl groups is 1. The highest BCUT2D eigenvalue weighted by Crippen LogP contribution is 2.20. The van der Waals surface area contributed by atoms with Crippen molar-refractivity contribution < 1.29 is 5.11 Å². The van der Waals surface area contributed by atoms with Crippen molar-refractivity contribution in [3.63, 3.8) is 0 Å². The van der Waals surface area contributed by atoms with E-state index in [2.05, 4.69) is 27.7 Å². The summed E-state index contributed by atoms with van der Waals surface area (Å²) in [6.07, 6.45) is 3.36. The second-order valence-electron chi connectivity index (χ2n) is 4.26. The smallest absolute Gasteiger partial charge is 0.0784 e. The van der Waals surface area contributed by atoms with Crippen LogP contribution in [0.5, 0.6) is 0 Å². The van der Waals surface area contributed by atoms with Gasteiger partial charge >= 0.3 is 0 Å². The molecule has 0 amide bonds. The monoisotopic (exact) mass is 294 g/mol. The van der Waals surface area contributed by atoms with Crippen LogP contribution in [0.4, 0.5) is 0 Å². The lowest BCUT2D eigenvalue weighted by Crippen LogP contribution is -2.30. The average molecular weight is 294 g/mol. The van der Waals surface area contributed by atoms with Gasteiger partial charge in [0.25, 0.3) is 0 Å². The molecule has 0 bridgehead atoms. The average Bonchev–Trinajstić information content (AvgIpc) is 2.33. The van der Waals surface area contributed by atoms with Crippen LogP contribution in [-0.2, 0) is 6.54 Å². The van der Waals surface area contributed by atoms with Crippen molar-refractivity contribution in [3.05, 3.63) is 16.0 Å². The van der Waals surface area contributed by atoms with Crippen molar-refractivity contribution >= 4 is 22.6 Å². The summed E-state index contributed by atoms with van der Waals surface area (Å²) in [6.45, 7) is 6.62. The molecule has 0 radical (unpaired) electrons. The molecular weight excluding hydrogens is 279 g/mol. The van der Waals surface area contributed by atoms with E-state index in [-0.39, 0.29) is 11.5 Å². The Balaban J connectivity index is 2.60. The van der Waals surface area contributed by atoms with Crippen molar-refractivity contribution in [1.82, 2.24) is 9.78 Å². The third-order valence-electron chi connectivity index (χ3n) is 1.96. The number of halogens is 1. The molecule has 0 aliphatic rings. The second kappa shape index (κ2) is 3.96. The first-order valence-electron chi connectivity index (χ1n) is 4.25. The van der Waals surface area contributed by atoms with E-state index in [1.165, 1.54) is 0 Å². The summed E-state index contributed by atoms with van der Waals surface area (Å²) in [7, 11) is 0. The lowest BCUT2D eigenvalue weighted by molar-refractivity contribution is 0.0450. The molecule has 74 valence electrons. The molecule has 1 aromatic heterocycles. The second-order valence-corrected chi connectivity index (χ2v) is 5.51. The topological polar surface area (TPSA) is 38.0 Å². The summed E-state index contributed by atoms with van der Waals surface area (Å²) >= 11 is 2.20. The Morgan fingerprint density at radius 1 is 1.62 bits per heavy atom. The number of hydrogen-bond donors (Lipinski definition) is 1. The lowest BCUT2D eigenvalue weighted by Gasteiger charge is -2.25. The molecule has 4 heteroatoms. The molecule has 0 aliphatic heterocycles. The van der Waals surface area contributed by atoms with E-state index >= 15 is 0 Å². The minimum atomic E-state index is -0.358. The molecule has 0 aliphatic carbocycles. The summed E-state index contributed by atoms with van der Waals surface area (Å²) in [5, 5.41) is 13.9. The summed E-state index contributed by atoms with van der Waals surface area (Å²) in [4.78, 5) is 0. The van der Waals surface area contributed by atoms with Gasteiger partial charge in [-0.2, -0.15) is 5.10 Å². The Bertz CT molecular complexity index is 277. The molecule has 13 heavy (non-hydrogen) atoms. The molecule has 1 aromatic rings. The lowest BCUT2D eigenvalue weighted by atomic mass is 9.89. The third kappa shape index (κ3) is 3.27. The Hall–Kier alpha value is -0.100. The fourth-order valence-electron chi connectivity index (χ4n) is 0.889. The van der Waals surface area contributed by atoms with E-state index < -0.39 is 0 Å². The molecule has 0 fully saturated rings. The molecule has 1 unspecified atom stereocenters. The van der Waals surface area contributed by atoms with Crippen molar-refractivity contribution in [2.24, 2.45) is 5.41 Å². The highest BCUT2D eigenvalue weighted by molar-refractivity contribution is 14.1. The molecule has 1 N–H and O–H groups in total. The third-order valence-corrected chi connectivity index (χ3v) is 2.52. The van der Waals surface area contributed by atoms with E-state index in [1.807, 2.05) is 27.0 Å². The highest BCUT2D eigenvalue weighted by atomic mass is 127. The van der Waals surface area contributed by atoms with Crippen molar-refractivity contribution in [2.75, 3.05) is 0 Å². The summed E-state index contributed by atoms with van der Waals surface area (Å²) in [5.74, 6) is 0. The maximum Gasteiger partial charge on any atom is 0.0784 e. The summed E-state index contributed by atoms with van der Waals surface area (Å²) < 4.78 is 2.87. The van der Waals surface area contributed by atoms with Gasteiger partial charge in [0.2, 0.25) is 0 Å². The van der Waals surface area contributed by atoms with Gasteiger partial charge in [-0.1, -0.05) is 20.8 Å². The minimum absolute atomic E-state index is 0.0859. The van der Waals surface area contributed by atoms with Gasteiger partial charge in [0, 0.05) is 6.20 Å². The first kappa shape index (κ1) is 11.0. The van der Waals surface area contributed by atoms with E-state index in [9.17, 15) is 5.11 Å². The molecular formula is C9H15IN2O. The van der Waals surface area contributed by atoms with Crippen molar-refractivity contribution in [3.8, 4) is 0 Å². The van der Waals surface area contributed by atoms with E-state index in [1.54, 1.807) is 10.9 Å².